The van der Waals surface area contributed by atoms with Crippen LogP contribution in [0.15, 0.2) is 52.4 Å². The predicted octanol–water partition coefficient (Wildman–Crippen LogP) is 3.81. The standard InChI is InChI=1S/C21H27N3O4.HI/c1-5-11-27-19-10-8-7-9-16(19)13-23-21(22-6-2)24-14-17-12-18(15(3)28-17)20(25)26-4;/h5,7-10,12H,1,6,11,13-14H2,2-4H3,(H2,22,23,24);1H. The first-order valence-electron chi connectivity index (χ1n) is 9.10. The van der Waals surface area contributed by atoms with Gasteiger partial charge < -0.3 is 24.5 Å². The minimum absolute atomic E-state index is 0. The number of aliphatic imine (C=N–C) groups is 1. The van der Waals surface area contributed by atoms with Crippen LogP contribution in [-0.2, 0) is 17.8 Å². The van der Waals surface area contributed by atoms with E-state index in [2.05, 4.69) is 22.2 Å². The highest BCUT2D eigenvalue weighted by atomic mass is 127. The first kappa shape index (κ1) is 24.5. The average Bonchev–Trinajstić information content (AvgIpc) is 3.09. The molecule has 0 aliphatic rings. The molecule has 0 aliphatic heterocycles. The highest BCUT2D eigenvalue weighted by Crippen LogP contribution is 2.19. The summed E-state index contributed by atoms with van der Waals surface area (Å²) in [4.78, 5) is 16.3. The van der Waals surface area contributed by atoms with Crippen molar-refractivity contribution in [2.75, 3.05) is 20.3 Å². The van der Waals surface area contributed by atoms with E-state index in [1.807, 2.05) is 31.2 Å². The Bertz CT molecular complexity index is 833. The summed E-state index contributed by atoms with van der Waals surface area (Å²) in [5.74, 6) is 2.15. The predicted molar refractivity (Wildman–Crippen MR) is 124 cm³/mol. The molecule has 1 heterocycles. The minimum atomic E-state index is -0.413. The molecular weight excluding hydrogens is 485 g/mol. The van der Waals surface area contributed by atoms with Crippen molar-refractivity contribution in [1.82, 2.24) is 10.6 Å². The number of esters is 1. The third-order valence-corrected chi connectivity index (χ3v) is 3.89. The van der Waals surface area contributed by atoms with Gasteiger partial charge in [0.25, 0.3) is 0 Å². The number of hydrogen-bond acceptors (Lipinski definition) is 5. The van der Waals surface area contributed by atoms with Crippen LogP contribution in [0, 0.1) is 6.92 Å². The van der Waals surface area contributed by atoms with E-state index in [1.165, 1.54) is 7.11 Å². The number of methoxy groups -OCH3 is 1. The monoisotopic (exact) mass is 513 g/mol. The molecule has 2 N–H and O–H groups in total. The molecule has 0 saturated heterocycles. The van der Waals surface area contributed by atoms with Gasteiger partial charge in [0.2, 0.25) is 0 Å². The summed E-state index contributed by atoms with van der Waals surface area (Å²) in [7, 11) is 1.35. The van der Waals surface area contributed by atoms with Crippen molar-refractivity contribution in [2.24, 2.45) is 4.99 Å². The number of benzene rings is 1. The highest BCUT2D eigenvalue weighted by molar-refractivity contribution is 14.0. The minimum Gasteiger partial charge on any atom is -0.489 e. The Hall–Kier alpha value is -2.49. The van der Waals surface area contributed by atoms with Crippen LogP contribution in [-0.4, -0.2) is 32.2 Å². The van der Waals surface area contributed by atoms with Crippen LogP contribution < -0.4 is 15.4 Å². The molecule has 0 fully saturated rings. The molecule has 1 aromatic carbocycles. The van der Waals surface area contributed by atoms with E-state index in [0.717, 1.165) is 11.3 Å². The van der Waals surface area contributed by atoms with Crippen molar-refractivity contribution < 1.29 is 18.7 Å². The van der Waals surface area contributed by atoms with Gasteiger partial charge in [0.15, 0.2) is 5.96 Å². The van der Waals surface area contributed by atoms with Gasteiger partial charge in [0.05, 0.1) is 20.2 Å². The number of halogens is 1. The number of furan rings is 1. The molecule has 158 valence electrons. The molecule has 8 heteroatoms. The second kappa shape index (κ2) is 12.9. The van der Waals surface area contributed by atoms with Crippen molar-refractivity contribution in [3.05, 3.63) is 65.6 Å². The van der Waals surface area contributed by atoms with Crippen LogP contribution in [0.25, 0.3) is 0 Å². The Morgan fingerprint density at radius 1 is 1.31 bits per heavy atom. The highest BCUT2D eigenvalue weighted by Gasteiger charge is 2.15. The van der Waals surface area contributed by atoms with Crippen LogP contribution >= 0.6 is 24.0 Å². The SMILES string of the molecule is C=CCOc1ccccc1CN=C(NCC)NCc1cc(C(=O)OC)c(C)o1.I. The van der Waals surface area contributed by atoms with Crippen LogP contribution in [0.2, 0.25) is 0 Å². The topological polar surface area (TPSA) is 85.1 Å². The van der Waals surface area contributed by atoms with E-state index in [4.69, 9.17) is 13.9 Å². The normalized spacial score (nSPS) is 10.7. The van der Waals surface area contributed by atoms with Crippen LogP contribution in [0.4, 0.5) is 0 Å². The molecule has 0 saturated carbocycles. The second-order valence-electron chi connectivity index (χ2n) is 5.93. The lowest BCUT2D eigenvalue weighted by Gasteiger charge is -2.12. The van der Waals surface area contributed by atoms with Gasteiger partial charge in [-0.3, -0.25) is 0 Å². The van der Waals surface area contributed by atoms with E-state index in [9.17, 15) is 4.79 Å². The van der Waals surface area contributed by atoms with Crippen LogP contribution in [0.5, 0.6) is 5.75 Å². The first-order chi connectivity index (χ1) is 13.6. The zero-order chi connectivity index (χ0) is 20.4. The Morgan fingerprint density at radius 2 is 2.07 bits per heavy atom. The number of carbonyl (C=O) groups is 1. The average molecular weight is 513 g/mol. The largest absolute Gasteiger partial charge is 0.489 e. The number of para-hydroxylation sites is 1. The Morgan fingerprint density at radius 3 is 2.76 bits per heavy atom. The summed E-state index contributed by atoms with van der Waals surface area (Å²) < 4.78 is 16.0. The molecule has 1 aromatic heterocycles. The molecule has 0 atom stereocenters. The van der Waals surface area contributed by atoms with E-state index >= 15 is 0 Å². The Labute approximate surface area is 188 Å². The third-order valence-electron chi connectivity index (χ3n) is 3.89. The lowest BCUT2D eigenvalue weighted by Crippen LogP contribution is -2.36. The molecule has 0 aliphatic carbocycles. The zero-order valence-electron chi connectivity index (χ0n) is 17.0. The third kappa shape index (κ3) is 7.45. The van der Waals surface area contributed by atoms with Gasteiger partial charge in [-0.1, -0.05) is 30.9 Å². The number of guanidine groups is 1. The lowest BCUT2D eigenvalue weighted by molar-refractivity contribution is 0.0599. The number of aryl methyl sites for hydroxylation is 1. The molecule has 2 rings (SSSR count). The molecule has 0 unspecified atom stereocenters. The molecular formula is C21H28IN3O4. The summed E-state index contributed by atoms with van der Waals surface area (Å²) in [6, 6.07) is 9.44. The van der Waals surface area contributed by atoms with E-state index in [0.29, 0.717) is 49.3 Å². The van der Waals surface area contributed by atoms with E-state index < -0.39 is 5.97 Å². The molecule has 0 amide bonds. The maximum Gasteiger partial charge on any atom is 0.341 e. The number of ether oxygens (including phenoxy) is 2. The number of nitrogens with one attached hydrogen (secondary N) is 2. The molecule has 0 radical (unpaired) electrons. The number of nitrogens with zero attached hydrogens (tertiary/aromatic N) is 1. The van der Waals surface area contributed by atoms with Gasteiger partial charge in [-0.25, -0.2) is 9.79 Å². The van der Waals surface area contributed by atoms with Gasteiger partial charge in [0.1, 0.15) is 29.4 Å². The van der Waals surface area contributed by atoms with Crippen LogP contribution in [0.1, 0.15) is 34.4 Å². The first-order valence-corrected chi connectivity index (χ1v) is 9.10. The van der Waals surface area contributed by atoms with Crippen molar-refractivity contribution in [2.45, 2.75) is 26.9 Å². The number of carbonyl (C=O) groups excluding carboxylic acids is 1. The van der Waals surface area contributed by atoms with Crippen LogP contribution in [0.3, 0.4) is 0 Å². The van der Waals surface area contributed by atoms with Crippen molar-refractivity contribution in [3.63, 3.8) is 0 Å². The van der Waals surface area contributed by atoms with E-state index in [1.54, 1.807) is 19.1 Å². The quantitative estimate of drug-likeness (QED) is 0.175. The van der Waals surface area contributed by atoms with Gasteiger partial charge in [-0.05, 0) is 26.0 Å². The summed E-state index contributed by atoms with van der Waals surface area (Å²) in [5, 5.41) is 6.39. The summed E-state index contributed by atoms with van der Waals surface area (Å²) >= 11 is 0. The maximum absolute atomic E-state index is 11.7. The van der Waals surface area contributed by atoms with Gasteiger partial charge in [0, 0.05) is 12.1 Å². The summed E-state index contributed by atoms with van der Waals surface area (Å²) in [6.07, 6.45) is 1.71. The fourth-order valence-electron chi connectivity index (χ4n) is 2.54. The Kier molecular flexibility index (Phi) is 10.9. The Balaban J connectivity index is 0.00000420. The molecule has 29 heavy (non-hydrogen) atoms. The van der Waals surface area contributed by atoms with Gasteiger partial charge in [-0.15, -0.1) is 24.0 Å². The molecule has 7 nitrogen and oxygen atoms in total. The van der Waals surface area contributed by atoms with Crippen molar-refractivity contribution in [3.8, 4) is 5.75 Å². The molecule has 0 bridgehead atoms. The van der Waals surface area contributed by atoms with Gasteiger partial charge in [-0.2, -0.15) is 0 Å². The molecule has 0 spiro atoms. The molecule has 2 aromatic rings. The fraction of sp³-hybridized carbons (Fsp3) is 0.333. The number of rotatable bonds is 9. The van der Waals surface area contributed by atoms with Crippen molar-refractivity contribution in [1.29, 1.82) is 0 Å². The lowest BCUT2D eigenvalue weighted by atomic mass is 10.2. The second-order valence-corrected chi connectivity index (χ2v) is 5.93. The summed E-state index contributed by atoms with van der Waals surface area (Å²) in [5.41, 5.74) is 1.40. The maximum atomic E-state index is 11.7. The smallest absolute Gasteiger partial charge is 0.341 e. The zero-order valence-corrected chi connectivity index (χ0v) is 19.3. The fourth-order valence-corrected chi connectivity index (χ4v) is 2.54. The van der Waals surface area contributed by atoms with E-state index in [-0.39, 0.29) is 24.0 Å². The van der Waals surface area contributed by atoms with Crippen molar-refractivity contribution >= 4 is 35.9 Å². The number of hydrogen-bond donors (Lipinski definition) is 2. The van der Waals surface area contributed by atoms with Gasteiger partial charge >= 0.3 is 5.97 Å². The summed E-state index contributed by atoms with van der Waals surface area (Å²) in [6.45, 7) is 9.39.